The lowest BCUT2D eigenvalue weighted by Gasteiger charge is -2.23. The van der Waals surface area contributed by atoms with Gasteiger partial charge >= 0.3 is 0 Å². The molecule has 0 aromatic heterocycles. The van der Waals surface area contributed by atoms with Gasteiger partial charge in [0.05, 0.1) is 12.6 Å². The molecular weight excluding hydrogens is 354 g/mol. The minimum atomic E-state index is -0.799. The van der Waals surface area contributed by atoms with Gasteiger partial charge in [-0.05, 0) is 31.2 Å². The Labute approximate surface area is 167 Å². The maximum Gasteiger partial charge on any atom is 0.224 e. The molecule has 0 radical (unpaired) electrons. The molecule has 0 spiro atoms. The predicted octanol–water partition coefficient (Wildman–Crippen LogP) is 3.10. The quantitative estimate of drug-likeness (QED) is 0.594. The molecule has 5 heteroatoms. The second kappa shape index (κ2) is 8.56. The molecule has 1 aliphatic carbocycles. The number of ether oxygens (including phenoxy) is 1. The van der Waals surface area contributed by atoms with Crippen molar-refractivity contribution in [2.24, 2.45) is 17.8 Å². The smallest absolute Gasteiger partial charge is 0.224 e. The molecule has 1 saturated heterocycles. The lowest BCUT2D eigenvalue weighted by molar-refractivity contribution is -0.134. The number of amides is 1. The van der Waals surface area contributed by atoms with Gasteiger partial charge in [-0.25, -0.2) is 0 Å². The Hall–Kier alpha value is -2.01. The number of benzene rings is 1. The van der Waals surface area contributed by atoms with E-state index in [0.717, 1.165) is 24.8 Å². The van der Waals surface area contributed by atoms with E-state index in [1.54, 1.807) is 6.92 Å². The van der Waals surface area contributed by atoms with Crippen molar-refractivity contribution in [2.75, 3.05) is 6.61 Å². The summed E-state index contributed by atoms with van der Waals surface area (Å²) in [7, 11) is 0. The van der Waals surface area contributed by atoms with Crippen molar-refractivity contribution in [3.05, 3.63) is 35.9 Å². The van der Waals surface area contributed by atoms with E-state index in [1.165, 1.54) is 0 Å². The summed E-state index contributed by atoms with van der Waals surface area (Å²) in [5, 5.41) is 2.97. The van der Waals surface area contributed by atoms with Crippen molar-refractivity contribution in [3.8, 4) is 0 Å². The first-order valence-electron chi connectivity index (χ1n) is 10.3. The molecule has 1 aromatic carbocycles. The zero-order chi connectivity index (χ0) is 20.3. The molecule has 0 unspecified atom stereocenters. The van der Waals surface area contributed by atoms with Crippen molar-refractivity contribution in [1.29, 1.82) is 0 Å². The summed E-state index contributed by atoms with van der Waals surface area (Å²) in [5.74, 6) is -0.0894. The van der Waals surface area contributed by atoms with Crippen LogP contribution in [0.3, 0.4) is 0 Å². The highest BCUT2D eigenvalue weighted by Gasteiger charge is 2.50. The molecule has 1 aliphatic heterocycles. The predicted molar refractivity (Wildman–Crippen MR) is 107 cm³/mol. The van der Waals surface area contributed by atoms with Crippen LogP contribution in [0, 0.1) is 17.8 Å². The summed E-state index contributed by atoms with van der Waals surface area (Å²) in [5.41, 5.74) is 0.189. The monoisotopic (exact) mass is 385 g/mol. The third-order valence-electron chi connectivity index (χ3n) is 5.79. The number of hydrogen-bond acceptors (Lipinski definition) is 4. The highest BCUT2D eigenvalue weighted by molar-refractivity contribution is 5.97. The van der Waals surface area contributed by atoms with Gasteiger partial charge in [0.2, 0.25) is 5.91 Å². The number of rotatable bonds is 11. The highest BCUT2D eigenvalue weighted by Crippen LogP contribution is 2.37. The van der Waals surface area contributed by atoms with Crippen LogP contribution in [0.2, 0.25) is 0 Å². The van der Waals surface area contributed by atoms with Crippen molar-refractivity contribution >= 4 is 17.5 Å². The lowest BCUT2D eigenvalue weighted by Crippen LogP contribution is -2.49. The number of epoxide rings is 1. The average molecular weight is 386 g/mol. The van der Waals surface area contributed by atoms with E-state index >= 15 is 0 Å². The topological polar surface area (TPSA) is 75.8 Å². The van der Waals surface area contributed by atoms with Gasteiger partial charge in [-0.3, -0.25) is 14.4 Å². The number of hydrogen-bond donors (Lipinski definition) is 1. The largest absolute Gasteiger partial charge is 0.361 e. The SMILES string of the molecule is CC(C)C(=O)C[C@@H](CC1CC1)C(=O)N[C@@H](Cc1ccccc1)C(=O)[C@@]1(C)CO1. The lowest BCUT2D eigenvalue weighted by atomic mass is 9.89. The number of carbonyl (C=O) groups is 3. The maximum atomic E-state index is 13.1. The van der Waals surface area contributed by atoms with Gasteiger partial charge < -0.3 is 10.1 Å². The van der Waals surface area contributed by atoms with Crippen molar-refractivity contribution in [3.63, 3.8) is 0 Å². The Morgan fingerprint density at radius 1 is 1.18 bits per heavy atom. The Balaban J connectivity index is 1.71. The van der Waals surface area contributed by atoms with Crippen molar-refractivity contribution < 1.29 is 19.1 Å². The van der Waals surface area contributed by atoms with Gasteiger partial charge in [0.1, 0.15) is 11.4 Å². The molecule has 2 aliphatic rings. The third-order valence-corrected chi connectivity index (χ3v) is 5.79. The van der Waals surface area contributed by atoms with E-state index in [9.17, 15) is 14.4 Å². The summed E-state index contributed by atoms with van der Waals surface area (Å²) < 4.78 is 5.33. The molecule has 1 N–H and O–H groups in total. The summed E-state index contributed by atoms with van der Waals surface area (Å²) in [6, 6.07) is 9.03. The average Bonchev–Trinajstić information content (AvgIpc) is 3.59. The standard InChI is InChI=1S/C23H31NO4/c1-15(2)20(25)13-18(11-17-9-10-17)22(27)24-19(21(26)23(3)14-28-23)12-16-7-5-4-6-8-16/h4-8,15,17-19H,9-14H2,1-3H3,(H,24,27)/t18-,19+,23-/m1/s1. The van der Waals surface area contributed by atoms with Crippen LogP contribution in [0.25, 0.3) is 0 Å². The van der Waals surface area contributed by atoms with Crippen LogP contribution in [-0.4, -0.2) is 35.7 Å². The third kappa shape index (κ3) is 5.51. The van der Waals surface area contributed by atoms with Gasteiger partial charge in [-0.15, -0.1) is 0 Å². The molecule has 2 fully saturated rings. The molecule has 0 bridgehead atoms. The Kier molecular flexibility index (Phi) is 6.33. The zero-order valence-corrected chi connectivity index (χ0v) is 17.1. The molecule has 28 heavy (non-hydrogen) atoms. The first-order chi connectivity index (χ1) is 13.3. The first kappa shape index (κ1) is 20.7. The van der Waals surface area contributed by atoms with Gasteiger partial charge in [0, 0.05) is 18.3 Å². The van der Waals surface area contributed by atoms with E-state index in [1.807, 2.05) is 44.2 Å². The fraction of sp³-hybridized carbons (Fsp3) is 0.609. The molecular formula is C23H31NO4. The van der Waals surface area contributed by atoms with Crippen LogP contribution in [-0.2, 0) is 25.5 Å². The van der Waals surface area contributed by atoms with E-state index in [4.69, 9.17) is 4.74 Å². The van der Waals surface area contributed by atoms with Crippen LogP contribution >= 0.6 is 0 Å². The van der Waals surface area contributed by atoms with E-state index in [0.29, 0.717) is 18.9 Å². The molecule has 3 atom stereocenters. The normalized spacial score (nSPS) is 23.1. The maximum absolute atomic E-state index is 13.1. The molecule has 3 rings (SSSR count). The van der Waals surface area contributed by atoms with Crippen molar-refractivity contribution in [1.82, 2.24) is 5.32 Å². The minimum Gasteiger partial charge on any atom is -0.361 e. The Morgan fingerprint density at radius 2 is 1.82 bits per heavy atom. The van der Waals surface area contributed by atoms with Gasteiger partial charge in [-0.1, -0.05) is 57.0 Å². The zero-order valence-electron chi connectivity index (χ0n) is 17.1. The number of Topliss-reactive ketones (excluding diaryl/α,β-unsaturated/α-hetero) is 2. The van der Waals surface area contributed by atoms with Crippen molar-refractivity contribution in [2.45, 2.75) is 64.5 Å². The molecule has 1 saturated carbocycles. The van der Waals surface area contributed by atoms with E-state index < -0.39 is 11.6 Å². The number of ketones is 2. The van der Waals surface area contributed by atoms with Crippen LogP contribution < -0.4 is 5.32 Å². The van der Waals surface area contributed by atoms with Gasteiger partial charge in [0.25, 0.3) is 0 Å². The second-order valence-corrected chi connectivity index (χ2v) is 8.84. The van der Waals surface area contributed by atoms with Gasteiger partial charge in [-0.2, -0.15) is 0 Å². The number of carbonyl (C=O) groups excluding carboxylic acids is 3. The fourth-order valence-electron chi connectivity index (χ4n) is 3.49. The Bertz CT molecular complexity index is 719. The molecule has 1 amide bonds. The first-order valence-corrected chi connectivity index (χ1v) is 10.3. The Morgan fingerprint density at radius 3 is 2.36 bits per heavy atom. The highest BCUT2D eigenvalue weighted by atomic mass is 16.6. The van der Waals surface area contributed by atoms with Gasteiger partial charge in [0.15, 0.2) is 5.78 Å². The number of nitrogens with one attached hydrogen (secondary N) is 1. The molecule has 1 aromatic rings. The molecule has 5 nitrogen and oxygen atoms in total. The van der Waals surface area contributed by atoms with Crippen LogP contribution in [0.15, 0.2) is 30.3 Å². The van der Waals surface area contributed by atoms with E-state index in [-0.39, 0.29) is 35.7 Å². The van der Waals surface area contributed by atoms with E-state index in [2.05, 4.69) is 5.32 Å². The van der Waals surface area contributed by atoms with Crippen LogP contribution in [0.1, 0.15) is 52.0 Å². The molecule has 1 heterocycles. The second-order valence-electron chi connectivity index (χ2n) is 8.84. The summed E-state index contributed by atoms with van der Waals surface area (Å²) in [4.78, 5) is 38.3. The summed E-state index contributed by atoms with van der Waals surface area (Å²) in [6.45, 7) is 5.89. The minimum absolute atomic E-state index is 0.0879. The summed E-state index contributed by atoms with van der Waals surface area (Å²) in [6.07, 6.45) is 3.65. The summed E-state index contributed by atoms with van der Waals surface area (Å²) >= 11 is 0. The van der Waals surface area contributed by atoms with Crippen LogP contribution in [0.4, 0.5) is 0 Å². The molecule has 152 valence electrons. The fourth-order valence-corrected chi connectivity index (χ4v) is 3.49. The van der Waals surface area contributed by atoms with Crippen LogP contribution in [0.5, 0.6) is 0 Å².